The fourth-order valence-electron chi connectivity index (χ4n) is 4.32. The number of amides is 2. The normalized spacial score (nSPS) is 13.8. The van der Waals surface area contributed by atoms with Crippen LogP contribution in [0.3, 0.4) is 0 Å². The monoisotopic (exact) mass is 439 g/mol. The summed E-state index contributed by atoms with van der Waals surface area (Å²) in [7, 11) is 0. The number of anilines is 1. The topological polar surface area (TPSA) is 53.5 Å². The maximum absolute atomic E-state index is 13.8. The number of hydrogen-bond donors (Lipinski definition) is 0. The summed E-state index contributed by atoms with van der Waals surface area (Å²) in [4.78, 5) is 35.0. The number of carbonyl (C=O) groups excluding carboxylic acids is 2. The van der Waals surface area contributed by atoms with Crippen LogP contribution in [0.25, 0.3) is 5.57 Å². The van der Waals surface area contributed by atoms with Gasteiger partial charge in [-0.2, -0.15) is 0 Å². The predicted octanol–water partition coefficient (Wildman–Crippen LogP) is 4.86. The molecule has 5 heteroatoms. The molecule has 0 fully saturated rings. The number of carbonyl (C=O) groups is 2. The molecule has 2 aromatic carbocycles. The molecule has 168 valence electrons. The smallest absolute Gasteiger partial charge is 0.282 e. The number of hydrogen-bond acceptors (Lipinski definition) is 4. The predicted molar refractivity (Wildman–Crippen MR) is 132 cm³/mol. The zero-order valence-corrected chi connectivity index (χ0v) is 19.6. The first-order chi connectivity index (χ1) is 15.9. The fourth-order valence-corrected chi connectivity index (χ4v) is 4.32. The van der Waals surface area contributed by atoms with Crippen molar-refractivity contribution in [1.29, 1.82) is 0 Å². The van der Waals surface area contributed by atoms with Crippen LogP contribution >= 0.6 is 0 Å². The highest BCUT2D eigenvalue weighted by molar-refractivity contribution is 6.45. The van der Waals surface area contributed by atoms with Gasteiger partial charge in [-0.3, -0.25) is 14.6 Å². The molecule has 5 nitrogen and oxygen atoms in total. The molecule has 0 spiro atoms. The summed E-state index contributed by atoms with van der Waals surface area (Å²) in [6, 6.07) is 17.5. The first-order valence-electron chi connectivity index (χ1n) is 11.3. The van der Waals surface area contributed by atoms with Gasteiger partial charge in [0.1, 0.15) is 5.70 Å². The highest BCUT2D eigenvalue weighted by Gasteiger charge is 2.42. The molecule has 0 N–H and O–H groups in total. The van der Waals surface area contributed by atoms with Gasteiger partial charge in [-0.05, 0) is 75.1 Å². The molecule has 0 saturated carbocycles. The molecule has 1 aliphatic heterocycles. The average molecular weight is 440 g/mol. The lowest BCUT2D eigenvalue weighted by atomic mass is 9.97. The zero-order chi connectivity index (χ0) is 23.5. The second kappa shape index (κ2) is 9.41. The van der Waals surface area contributed by atoms with Gasteiger partial charge < -0.3 is 4.90 Å². The standard InChI is InChI=1S/C28H29N3O2/c1-5-30(17-14-22-12-15-29-16-13-22)26-25(24-11-8-20(3)18-21(24)4)27(32)31(28(26)33)23-9-6-19(2)7-10-23/h6-13,15-16,18H,5,14,17H2,1-4H3. The number of rotatable bonds is 7. The molecular formula is C28H29N3O2. The first kappa shape index (κ1) is 22.5. The van der Waals surface area contributed by atoms with E-state index >= 15 is 0 Å². The lowest BCUT2D eigenvalue weighted by Crippen LogP contribution is -2.36. The van der Waals surface area contributed by atoms with E-state index in [0.29, 0.717) is 30.0 Å². The van der Waals surface area contributed by atoms with Crippen LogP contribution in [0.15, 0.2) is 72.7 Å². The van der Waals surface area contributed by atoms with Crippen molar-refractivity contribution in [2.45, 2.75) is 34.1 Å². The van der Waals surface area contributed by atoms with Gasteiger partial charge in [-0.1, -0.05) is 41.5 Å². The Morgan fingerprint density at radius 3 is 2.15 bits per heavy atom. The Labute approximate surface area is 195 Å². The van der Waals surface area contributed by atoms with Crippen molar-refractivity contribution in [3.63, 3.8) is 0 Å². The van der Waals surface area contributed by atoms with Gasteiger partial charge in [0.05, 0.1) is 11.3 Å². The van der Waals surface area contributed by atoms with Crippen molar-refractivity contribution in [3.8, 4) is 0 Å². The zero-order valence-electron chi connectivity index (χ0n) is 19.6. The molecular weight excluding hydrogens is 410 g/mol. The summed E-state index contributed by atoms with van der Waals surface area (Å²) in [5.41, 5.74) is 6.69. The van der Waals surface area contributed by atoms with Crippen LogP contribution in [-0.4, -0.2) is 34.8 Å². The number of likely N-dealkylation sites (N-methyl/N-ethyl adjacent to an activating group) is 1. The fraction of sp³-hybridized carbons (Fsp3) is 0.250. The van der Waals surface area contributed by atoms with E-state index in [0.717, 1.165) is 34.2 Å². The molecule has 0 unspecified atom stereocenters. The van der Waals surface area contributed by atoms with E-state index in [-0.39, 0.29) is 11.8 Å². The van der Waals surface area contributed by atoms with Crippen molar-refractivity contribution < 1.29 is 9.59 Å². The third-order valence-electron chi connectivity index (χ3n) is 6.12. The number of aromatic nitrogens is 1. The van der Waals surface area contributed by atoms with Crippen molar-refractivity contribution in [2.24, 2.45) is 0 Å². The van der Waals surface area contributed by atoms with Gasteiger partial charge in [-0.15, -0.1) is 0 Å². The average Bonchev–Trinajstić information content (AvgIpc) is 3.06. The minimum absolute atomic E-state index is 0.268. The summed E-state index contributed by atoms with van der Waals surface area (Å²) in [6.07, 6.45) is 4.30. The molecule has 2 heterocycles. The molecule has 2 amide bonds. The van der Waals surface area contributed by atoms with E-state index in [1.807, 2.05) is 81.1 Å². The SMILES string of the molecule is CCN(CCc1ccncc1)C1=C(c2ccc(C)cc2C)C(=O)N(c2ccc(C)cc2)C1=O. The second-order valence-corrected chi connectivity index (χ2v) is 8.51. The van der Waals surface area contributed by atoms with Crippen LogP contribution in [0, 0.1) is 20.8 Å². The molecule has 1 aromatic heterocycles. The van der Waals surface area contributed by atoms with E-state index in [9.17, 15) is 9.59 Å². The minimum Gasteiger partial charge on any atom is -0.366 e. The first-order valence-corrected chi connectivity index (χ1v) is 11.3. The molecule has 0 bridgehead atoms. The molecule has 4 rings (SSSR count). The maximum Gasteiger partial charge on any atom is 0.282 e. The van der Waals surface area contributed by atoms with Crippen LogP contribution in [0.5, 0.6) is 0 Å². The van der Waals surface area contributed by atoms with Crippen LogP contribution in [-0.2, 0) is 16.0 Å². The van der Waals surface area contributed by atoms with Crippen molar-refractivity contribution >= 4 is 23.1 Å². The lowest BCUT2D eigenvalue weighted by molar-refractivity contribution is -0.120. The van der Waals surface area contributed by atoms with Crippen LogP contribution in [0.4, 0.5) is 5.69 Å². The second-order valence-electron chi connectivity index (χ2n) is 8.51. The quantitative estimate of drug-likeness (QED) is 0.494. The molecule has 0 radical (unpaired) electrons. The minimum atomic E-state index is -0.270. The molecule has 0 atom stereocenters. The number of pyridine rings is 1. The lowest BCUT2D eigenvalue weighted by Gasteiger charge is -2.25. The van der Waals surface area contributed by atoms with E-state index < -0.39 is 0 Å². The summed E-state index contributed by atoms with van der Waals surface area (Å²) in [5.74, 6) is -0.538. The Morgan fingerprint density at radius 2 is 1.52 bits per heavy atom. The van der Waals surface area contributed by atoms with Gasteiger partial charge in [0.15, 0.2) is 0 Å². The van der Waals surface area contributed by atoms with Crippen LogP contribution < -0.4 is 4.90 Å². The number of benzene rings is 2. The molecule has 33 heavy (non-hydrogen) atoms. The summed E-state index contributed by atoms with van der Waals surface area (Å²) < 4.78 is 0. The van der Waals surface area contributed by atoms with Crippen molar-refractivity contribution in [3.05, 3.63) is 101 Å². The third-order valence-corrected chi connectivity index (χ3v) is 6.12. The Morgan fingerprint density at radius 1 is 0.848 bits per heavy atom. The van der Waals surface area contributed by atoms with Crippen LogP contribution in [0.1, 0.15) is 34.7 Å². The highest BCUT2D eigenvalue weighted by atomic mass is 16.2. The number of aryl methyl sites for hydroxylation is 3. The van der Waals surface area contributed by atoms with Gasteiger partial charge in [-0.25, -0.2) is 4.90 Å². The number of imide groups is 1. The number of nitrogens with zero attached hydrogens (tertiary/aromatic N) is 3. The van der Waals surface area contributed by atoms with Gasteiger partial charge in [0, 0.05) is 25.5 Å². The summed E-state index contributed by atoms with van der Waals surface area (Å²) >= 11 is 0. The highest BCUT2D eigenvalue weighted by Crippen LogP contribution is 2.36. The van der Waals surface area contributed by atoms with Crippen LogP contribution in [0.2, 0.25) is 0 Å². The molecule has 0 aliphatic carbocycles. The third kappa shape index (κ3) is 4.44. The molecule has 3 aromatic rings. The molecule has 0 saturated heterocycles. The Balaban J connectivity index is 1.79. The van der Waals surface area contributed by atoms with E-state index in [2.05, 4.69) is 11.1 Å². The largest absolute Gasteiger partial charge is 0.366 e. The Bertz CT molecular complexity index is 1210. The van der Waals surface area contributed by atoms with E-state index in [1.165, 1.54) is 4.90 Å². The summed E-state index contributed by atoms with van der Waals surface area (Å²) in [6.45, 7) is 9.28. The van der Waals surface area contributed by atoms with Crippen molar-refractivity contribution in [1.82, 2.24) is 9.88 Å². The van der Waals surface area contributed by atoms with Gasteiger partial charge in [0.25, 0.3) is 11.8 Å². The maximum atomic E-state index is 13.8. The van der Waals surface area contributed by atoms with Gasteiger partial charge >= 0.3 is 0 Å². The Kier molecular flexibility index (Phi) is 6.40. The Hall–Kier alpha value is -3.73. The van der Waals surface area contributed by atoms with E-state index in [1.54, 1.807) is 12.4 Å². The van der Waals surface area contributed by atoms with Gasteiger partial charge in [0.2, 0.25) is 0 Å². The van der Waals surface area contributed by atoms with E-state index in [4.69, 9.17) is 0 Å². The summed E-state index contributed by atoms with van der Waals surface area (Å²) in [5, 5.41) is 0. The van der Waals surface area contributed by atoms with Crippen molar-refractivity contribution in [2.75, 3.05) is 18.0 Å². The molecule has 1 aliphatic rings.